The average Bonchev–Trinajstić information content (AvgIpc) is 2.83. The minimum atomic E-state index is -0.869. The number of hydrogen-bond donors (Lipinski definition) is 1. The van der Waals surface area contributed by atoms with Crippen LogP contribution in [0, 0.1) is 25.5 Å². The number of imidazole rings is 1. The second-order valence-electron chi connectivity index (χ2n) is 4.91. The maximum Gasteiger partial charge on any atom is 0.234 e. The Morgan fingerprint density at radius 2 is 1.95 bits per heavy atom. The molecule has 0 bridgehead atoms. The first-order valence-corrected chi connectivity index (χ1v) is 6.54. The van der Waals surface area contributed by atoms with E-state index in [9.17, 15) is 8.78 Å². The molecule has 1 N–H and O–H groups in total. The normalized spacial score (nSPS) is 11.0. The first-order chi connectivity index (χ1) is 10.0. The summed E-state index contributed by atoms with van der Waals surface area (Å²) in [5.41, 5.74) is 3.35. The van der Waals surface area contributed by atoms with Gasteiger partial charge in [0, 0.05) is 23.1 Å². The summed E-state index contributed by atoms with van der Waals surface area (Å²) in [6.45, 7) is 4.34. The number of aromatic nitrogens is 3. The van der Waals surface area contributed by atoms with E-state index in [1.165, 1.54) is 6.07 Å². The van der Waals surface area contributed by atoms with Gasteiger partial charge in [0.1, 0.15) is 0 Å². The van der Waals surface area contributed by atoms with Gasteiger partial charge in [-0.2, -0.15) is 0 Å². The number of anilines is 1. The van der Waals surface area contributed by atoms with Gasteiger partial charge in [-0.3, -0.25) is 4.40 Å². The Balaban J connectivity index is 1.87. The van der Waals surface area contributed by atoms with Crippen molar-refractivity contribution in [3.63, 3.8) is 0 Å². The van der Waals surface area contributed by atoms with Crippen LogP contribution in [0.25, 0.3) is 5.78 Å². The fourth-order valence-corrected chi connectivity index (χ4v) is 2.32. The molecule has 0 radical (unpaired) electrons. The lowest BCUT2D eigenvalue weighted by atomic mass is 10.3. The van der Waals surface area contributed by atoms with Crippen LogP contribution in [0.2, 0.25) is 0 Å². The van der Waals surface area contributed by atoms with Gasteiger partial charge in [0.05, 0.1) is 18.4 Å². The Morgan fingerprint density at radius 1 is 1.14 bits per heavy atom. The summed E-state index contributed by atoms with van der Waals surface area (Å²) < 4.78 is 28.0. The summed E-state index contributed by atoms with van der Waals surface area (Å²) in [5, 5.41) is 3.05. The maximum absolute atomic E-state index is 13.2. The maximum atomic E-state index is 13.2. The molecule has 108 valence electrons. The van der Waals surface area contributed by atoms with Crippen molar-refractivity contribution in [1.82, 2.24) is 14.4 Å². The van der Waals surface area contributed by atoms with Crippen LogP contribution in [0.3, 0.4) is 0 Å². The highest BCUT2D eigenvalue weighted by Gasteiger charge is 2.08. The second-order valence-corrected chi connectivity index (χ2v) is 4.91. The number of benzene rings is 1. The highest BCUT2D eigenvalue weighted by molar-refractivity contribution is 5.44. The number of halogens is 2. The summed E-state index contributed by atoms with van der Waals surface area (Å²) in [6, 6.07) is 5.70. The van der Waals surface area contributed by atoms with Crippen LogP contribution < -0.4 is 5.32 Å². The van der Waals surface area contributed by atoms with Crippen LogP contribution in [0.15, 0.2) is 30.5 Å². The van der Waals surface area contributed by atoms with E-state index in [-0.39, 0.29) is 0 Å². The van der Waals surface area contributed by atoms with Gasteiger partial charge in [0.2, 0.25) is 5.78 Å². The smallest absolute Gasteiger partial charge is 0.234 e. The lowest BCUT2D eigenvalue weighted by Crippen LogP contribution is -2.06. The zero-order valence-corrected chi connectivity index (χ0v) is 11.7. The Morgan fingerprint density at radius 3 is 2.71 bits per heavy atom. The third-order valence-electron chi connectivity index (χ3n) is 3.26. The third-order valence-corrected chi connectivity index (χ3v) is 3.26. The summed E-state index contributed by atoms with van der Waals surface area (Å²) in [6.07, 6.45) is 1.72. The van der Waals surface area contributed by atoms with E-state index < -0.39 is 11.6 Å². The van der Waals surface area contributed by atoms with Crippen molar-refractivity contribution in [2.75, 3.05) is 5.32 Å². The number of nitrogens with zero attached hydrogens (tertiary/aromatic N) is 3. The lowest BCUT2D eigenvalue weighted by molar-refractivity contribution is 0.509. The molecule has 6 heteroatoms. The Labute approximate surface area is 120 Å². The Bertz CT molecular complexity index is 811. The molecule has 4 nitrogen and oxygen atoms in total. The molecule has 2 heterocycles. The summed E-state index contributed by atoms with van der Waals surface area (Å²) in [7, 11) is 0. The van der Waals surface area contributed by atoms with Crippen molar-refractivity contribution in [3.05, 3.63) is 59.2 Å². The molecule has 0 aliphatic rings. The number of aryl methyl sites for hydroxylation is 2. The molecule has 0 amide bonds. The van der Waals surface area contributed by atoms with E-state index in [0.717, 1.165) is 29.2 Å². The van der Waals surface area contributed by atoms with E-state index in [4.69, 9.17) is 0 Å². The lowest BCUT2D eigenvalue weighted by Gasteiger charge is -2.08. The van der Waals surface area contributed by atoms with Crippen LogP contribution in [0.4, 0.5) is 14.5 Å². The average molecular weight is 288 g/mol. The fraction of sp³-hybridized carbons (Fsp3) is 0.200. The molecule has 1 aromatic carbocycles. The van der Waals surface area contributed by atoms with E-state index in [1.54, 1.807) is 6.20 Å². The third kappa shape index (κ3) is 2.56. The van der Waals surface area contributed by atoms with E-state index >= 15 is 0 Å². The quantitative estimate of drug-likeness (QED) is 0.804. The van der Waals surface area contributed by atoms with Crippen LogP contribution in [-0.4, -0.2) is 14.4 Å². The van der Waals surface area contributed by atoms with Crippen molar-refractivity contribution in [2.45, 2.75) is 20.4 Å². The van der Waals surface area contributed by atoms with Gasteiger partial charge in [0.15, 0.2) is 11.6 Å². The van der Waals surface area contributed by atoms with Crippen LogP contribution in [0.5, 0.6) is 0 Å². The number of nitrogens with one attached hydrogen (secondary N) is 1. The van der Waals surface area contributed by atoms with Gasteiger partial charge < -0.3 is 5.32 Å². The summed E-state index contributed by atoms with van der Waals surface area (Å²) >= 11 is 0. The molecule has 2 aromatic heterocycles. The molecular formula is C15H14F2N4. The highest BCUT2D eigenvalue weighted by atomic mass is 19.2. The molecule has 0 unspecified atom stereocenters. The van der Waals surface area contributed by atoms with Gasteiger partial charge in [-0.05, 0) is 32.0 Å². The van der Waals surface area contributed by atoms with Crippen LogP contribution in [-0.2, 0) is 6.54 Å². The summed E-state index contributed by atoms with van der Waals surface area (Å²) in [5.74, 6) is -1.09. The second kappa shape index (κ2) is 5.12. The standard InChI is InChI=1S/C15H14F2N4/c1-9-5-10(2)21-12(8-19-15(21)20-9)7-18-11-3-4-13(16)14(17)6-11/h3-6,8,18H,7H2,1-2H3. The van der Waals surface area contributed by atoms with Crippen molar-refractivity contribution >= 4 is 11.5 Å². The molecule has 0 spiro atoms. The van der Waals surface area contributed by atoms with Crippen LogP contribution in [0.1, 0.15) is 17.1 Å². The molecule has 0 atom stereocenters. The molecule has 0 fully saturated rings. The van der Waals surface area contributed by atoms with Gasteiger partial charge in [-0.15, -0.1) is 0 Å². The first kappa shape index (κ1) is 13.5. The zero-order valence-electron chi connectivity index (χ0n) is 11.7. The highest BCUT2D eigenvalue weighted by Crippen LogP contribution is 2.15. The van der Waals surface area contributed by atoms with Gasteiger partial charge in [0.25, 0.3) is 0 Å². The largest absolute Gasteiger partial charge is 0.379 e. The fourth-order valence-electron chi connectivity index (χ4n) is 2.32. The molecular weight excluding hydrogens is 274 g/mol. The molecule has 3 aromatic rings. The molecule has 0 aliphatic carbocycles. The topological polar surface area (TPSA) is 42.2 Å². The number of rotatable bonds is 3. The number of fused-ring (bicyclic) bond motifs is 1. The van der Waals surface area contributed by atoms with E-state index in [0.29, 0.717) is 18.0 Å². The molecule has 0 saturated heterocycles. The molecule has 0 aliphatic heterocycles. The molecule has 0 saturated carbocycles. The van der Waals surface area contributed by atoms with E-state index in [2.05, 4.69) is 15.3 Å². The van der Waals surface area contributed by atoms with Crippen molar-refractivity contribution in [3.8, 4) is 0 Å². The minimum absolute atomic E-state index is 0.442. The van der Waals surface area contributed by atoms with Crippen molar-refractivity contribution in [1.29, 1.82) is 0 Å². The molecule has 21 heavy (non-hydrogen) atoms. The first-order valence-electron chi connectivity index (χ1n) is 6.54. The van der Waals surface area contributed by atoms with Gasteiger partial charge in [-0.25, -0.2) is 18.7 Å². The van der Waals surface area contributed by atoms with Crippen LogP contribution >= 0.6 is 0 Å². The predicted octanol–water partition coefficient (Wildman–Crippen LogP) is 3.24. The zero-order chi connectivity index (χ0) is 15.0. The summed E-state index contributed by atoms with van der Waals surface area (Å²) in [4.78, 5) is 8.61. The van der Waals surface area contributed by atoms with Gasteiger partial charge in [-0.1, -0.05) is 0 Å². The van der Waals surface area contributed by atoms with Crippen molar-refractivity contribution < 1.29 is 8.78 Å². The van der Waals surface area contributed by atoms with E-state index in [1.807, 2.05) is 24.3 Å². The van der Waals surface area contributed by atoms with Gasteiger partial charge >= 0.3 is 0 Å². The molecule has 3 rings (SSSR count). The number of hydrogen-bond acceptors (Lipinski definition) is 3. The SMILES string of the molecule is Cc1cc(C)n2c(CNc3ccc(F)c(F)c3)cnc2n1. The predicted molar refractivity (Wildman–Crippen MR) is 76.1 cm³/mol. The van der Waals surface area contributed by atoms with Crippen molar-refractivity contribution in [2.24, 2.45) is 0 Å². The monoisotopic (exact) mass is 288 g/mol. The Hall–Kier alpha value is -2.50. The minimum Gasteiger partial charge on any atom is -0.379 e. The Kier molecular flexibility index (Phi) is 3.29.